The lowest BCUT2D eigenvalue weighted by Crippen LogP contribution is -2.46. The SMILES string of the molecule is O=C1N[C@](Cc2ccccc2)(c2ccccc2)C(=O)N1Cc1csc(-c2ccsc2)n1. The molecular weight excluding hydrogens is 426 g/mol. The van der Waals surface area contributed by atoms with E-state index >= 15 is 0 Å². The highest BCUT2D eigenvalue weighted by molar-refractivity contribution is 7.14. The maximum atomic E-state index is 13.7. The van der Waals surface area contributed by atoms with Crippen LogP contribution in [0.25, 0.3) is 10.6 Å². The number of nitrogens with one attached hydrogen (secondary N) is 1. The lowest BCUT2D eigenvalue weighted by molar-refractivity contribution is -0.132. The normalized spacial score (nSPS) is 18.4. The zero-order valence-corrected chi connectivity index (χ0v) is 18.2. The molecule has 3 heterocycles. The van der Waals surface area contributed by atoms with E-state index in [1.165, 1.54) is 16.2 Å². The van der Waals surface area contributed by atoms with Crippen LogP contribution in [0.15, 0.2) is 82.9 Å². The van der Waals surface area contributed by atoms with Crippen LogP contribution in [0, 0.1) is 0 Å². The van der Waals surface area contributed by atoms with Crippen molar-refractivity contribution in [2.45, 2.75) is 18.5 Å². The Kier molecular flexibility index (Phi) is 5.13. The predicted molar refractivity (Wildman–Crippen MR) is 123 cm³/mol. The number of urea groups is 1. The van der Waals surface area contributed by atoms with Crippen LogP contribution in [-0.2, 0) is 23.3 Å². The van der Waals surface area contributed by atoms with E-state index in [0.717, 1.165) is 21.7 Å². The average Bonchev–Trinajstić information content (AvgIpc) is 3.53. The van der Waals surface area contributed by atoms with Gasteiger partial charge in [0.2, 0.25) is 0 Å². The summed E-state index contributed by atoms with van der Waals surface area (Å²) in [5.41, 5.74) is 2.39. The molecule has 5 rings (SSSR count). The average molecular weight is 446 g/mol. The zero-order chi connectivity index (χ0) is 21.3. The minimum absolute atomic E-state index is 0.147. The van der Waals surface area contributed by atoms with Crippen LogP contribution in [-0.4, -0.2) is 21.8 Å². The molecule has 5 nitrogen and oxygen atoms in total. The van der Waals surface area contributed by atoms with Crippen LogP contribution >= 0.6 is 22.7 Å². The van der Waals surface area contributed by atoms with Gasteiger partial charge in [0, 0.05) is 22.7 Å². The third-order valence-electron chi connectivity index (χ3n) is 5.39. The summed E-state index contributed by atoms with van der Waals surface area (Å²) in [5, 5.41) is 9.85. The third-order valence-corrected chi connectivity index (χ3v) is 7.02. The summed E-state index contributed by atoms with van der Waals surface area (Å²) in [6.45, 7) is 0.147. The van der Waals surface area contributed by atoms with Gasteiger partial charge in [0.15, 0.2) is 5.54 Å². The number of carbonyl (C=O) groups is 2. The molecule has 154 valence electrons. The number of thiophene rings is 1. The van der Waals surface area contributed by atoms with Crippen LogP contribution in [0.4, 0.5) is 4.79 Å². The molecule has 1 fully saturated rings. The molecule has 1 atom stereocenters. The molecule has 2 aromatic heterocycles. The third kappa shape index (κ3) is 3.66. The first-order valence-electron chi connectivity index (χ1n) is 9.86. The Morgan fingerprint density at radius 1 is 0.935 bits per heavy atom. The van der Waals surface area contributed by atoms with E-state index in [2.05, 4.69) is 10.3 Å². The Labute approximate surface area is 188 Å². The summed E-state index contributed by atoms with van der Waals surface area (Å²) in [6.07, 6.45) is 0.385. The van der Waals surface area contributed by atoms with Crippen molar-refractivity contribution in [3.05, 3.63) is 99.7 Å². The number of hydrogen-bond acceptors (Lipinski definition) is 5. The van der Waals surface area contributed by atoms with Gasteiger partial charge >= 0.3 is 6.03 Å². The first-order valence-corrected chi connectivity index (χ1v) is 11.7. The molecule has 7 heteroatoms. The molecule has 0 unspecified atom stereocenters. The number of aromatic nitrogens is 1. The number of rotatable bonds is 6. The van der Waals surface area contributed by atoms with Crippen molar-refractivity contribution in [1.29, 1.82) is 0 Å². The highest BCUT2D eigenvalue weighted by atomic mass is 32.1. The second kappa shape index (κ2) is 8.09. The van der Waals surface area contributed by atoms with Gasteiger partial charge in [-0.15, -0.1) is 11.3 Å². The number of carbonyl (C=O) groups excluding carboxylic acids is 2. The summed E-state index contributed by atoms with van der Waals surface area (Å²) in [7, 11) is 0. The van der Waals surface area contributed by atoms with Gasteiger partial charge in [-0.2, -0.15) is 11.3 Å². The number of hydrogen-bond donors (Lipinski definition) is 1. The van der Waals surface area contributed by atoms with E-state index in [9.17, 15) is 9.59 Å². The van der Waals surface area contributed by atoms with E-state index in [4.69, 9.17) is 0 Å². The van der Waals surface area contributed by atoms with Crippen molar-refractivity contribution in [2.75, 3.05) is 0 Å². The fourth-order valence-corrected chi connectivity index (χ4v) is 5.40. The molecule has 3 amide bonds. The van der Waals surface area contributed by atoms with Crippen molar-refractivity contribution in [2.24, 2.45) is 0 Å². The highest BCUT2D eigenvalue weighted by Crippen LogP contribution is 2.34. The molecule has 0 saturated carbocycles. The van der Waals surface area contributed by atoms with Crippen LogP contribution < -0.4 is 5.32 Å². The van der Waals surface area contributed by atoms with Crippen molar-refractivity contribution < 1.29 is 9.59 Å². The maximum Gasteiger partial charge on any atom is 0.325 e. The van der Waals surface area contributed by atoms with Gasteiger partial charge in [-0.1, -0.05) is 60.7 Å². The Bertz CT molecular complexity index is 1210. The fraction of sp³-hybridized carbons (Fsp3) is 0.125. The van der Waals surface area contributed by atoms with E-state index in [1.54, 1.807) is 11.3 Å². The largest absolute Gasteiger partial charge is 0.325 e. The van der Waals surface area contributed by atoms with Crippen LogP contribution in [0.2, 0.25) is 0 Å². The van der Waals surface area contributed by atoms with Crippen LogP contribution in [0.5, 0.6) is 0 Å². The molecule has 1 N–H and O–H groups in total. The van der Waals surface area contributed by atoms with E-state index in [1.807, 2.05) is 82.9 Å². The fourth-order valence-electron chi connectivity index (χ4n) is 3.87. The second-order valence-electron chi connectivity index (χ2n) is 7.41. The first kappa shape index (κ1) is 19.7. The molecule has 4 aromatic rings. The molecule has 0 radical (unpaired) electrons. The zero-order valence-electron chi connectivity index (χ0n) is 16.5. The summed E-state index contributed by atoms with van der Waals surface area (Å²) in [6, 6.07) is 20.8. The smallest absolute Gasteiger partial charge is 0.319 e. The molecule has 1 aliphatic heterocycles. The summed E-state index contributed by atoms with van der Waals surface area (Å²) < 4.78 is 0. The Balaban J connectivity index is 1.47. The van der Waals surface area contributed by atoms with Gasteiger partial charge in [-0.3, -0.25) is 9.69 Å². The van der Waals surface area contributed by atoms with E-state index in [-0.39, 0.29) is 12.5 Å². The molecule has 0 spiro atoms. The molecule has 1 saturated heterocycles. The van der Waals surface area contributed by atoms with Crippen LogP contribution in [0.1, 0.15) is 16.8 Å². The Morgan fingerprint density at radius 3 is 2.39 bits per heavy atom. The van der Waals surface area contributed by atoms with Gasteiger partial charge < -0.3 is 5.32 Å². The van der Waals surface area contributed by atoms with Gasteiger partial charge in [-0.25, -0.2) is 9.78 Å². The number of amides is 3. The first-order chi connectivity index (χ1) is 15.2. The topological polar surface area (TPSA) is 62.3 Å². The lowest BCUT2D eigenvalue weighted by Gasteiger charge is -2.27. The van der Waals surface area contributed by atoms with Crippen molar-refractivity contribution in [1.82, 2.24) is 15.2 Å². The Morgan fingerprint density at radius 2 is 1.68 bits per heavy atom. The van der Waals surface area contributed by atoms with Crippen molar-refractivity contribution in [3.63, 3.8) is 0 Å². The number of imide groups is 1. The standard InChI is InChI=1S/C24H19N3O2S2/c28-22-24(19-9-5-2-6-10-19,13-17-7-3-1-4-8-17)26-23(29)27(22)14-20-16-31-21(25-20)18-11-12-30-15-18/h1-12,15-16H,13-14H2,(H,26,29)/t24-/m1/s1. The Hall–Kier alpha value is -3.29. The van der Waals surface area contributed by atoms with Gasteiger partial charge in [0.1, 0.15) is 5.01 Å². The molecular formula is C24H19N3O2S2. The monoisotopic (exact) mass is 445 g/mol. The maximum absolute atomic E-state index is 13.7. The number of benzene rings is 2. The molecule has 2 aromatic carbocycles. The van der Waals surface area contributed by atoms with Crippen LogP contribution in [0.3, 0.4) is 0 Å². The molecule has 0 aliphatic carbocycles. The van der Waals surface area contributed by atoms with E-state index in [0.29, 0.717) is 12.1 Å². The highest BCUT2D eigenvalue weighted by Gasteiger charge is 2.52. The van der Waals surface area contributed by atoms with Gasteiger partial charge in [0.05, 0.1) is 12.2 Å². The van der Waals surface area contributed by atoms with E-state index < -0.39 is 11.6 Å². The number of thiazole rings is 1. The van der Waals surface area contributed by atoms with Crippen molar-refractivity contribution in [3.8, 4) is 10.6 Å². The number of nitrogens with zero attached hydrogens (tertiary/aromatic N) is 2. The minimum Gasteiger partial charge on any atom is -0.319 e. The summed E-state index contributed by atoms with van der Waals surface area (Å²) in [4.78, 5) is 32.6. The van der Waals surface area contributed by atoms with Gasteiger partial charge in [0.25, 0.3) is 5.91 Å². The molecule has 0 bridgehead atoms. The molecule has 1 aliphatic rings. The van der Waals surface area contributed by atoms with Crippen molar-refractivity contribution >= 4 is 34.6 Å². The minimum atomic E-state index is -1.13. The predicted octanol–water partition coefficient (Wildman–Crippen LogP) is 5.06. The lowest BCUT2D eigenvalue weighted by atomic mass is 9.83. The quantitative estimate of drug-likeness (QED) is 0.422. The summed E-state index contributed by atoms with van der Waals surface area (Å²) in [5.74, 6) is -0.252. The van der Waals surface area contributed by atoms with Gasteiger partial charge in [-0.05, 0) is 22.6 Å². The molecule has 31 heavy (non-hydrogen) atoms. The summed E-state index contributed by atoms with van der Waals surface area (Å²) >= 11 is 3.13. The second-order valence-corrected chi connectivity index (χ2v) is 9.05.